The second kappa shape index (κ2) is 9.72. The summed E-state index contributed by atoms with van der Waals surface area (Å²) < 4.78 is 0. The van der Waals surface area contributed by atoms with Crippen LogP contribution >= 0.6 is 0 Å². The summed E-state index contributed by atoms with van der Waals surface area (Å²) in [6.45, 7) is 18.4. The average molecular weight is 287 g/mol. The standard InChI is InChI=1S/C16H37N3O/c1-7-18(8-2)11-10-12-19(9-3)14(13-20)15(17)16(4,5)6/h14-15,20H,7-13,17H2,1-6H3. The van der Waals surface area contributed by atoms with Gasteiger partial charge in [-0.3, -0.25) is 4.90 Å². The fraction of sp³-hybridized carbons (Fsp3) is 1.00. The molecule has 0 aromatic rings. The molecule has 0 radical (unpaired) electrons. The van der Waals surface area contributed by atoms with E-state index in [2.05, 4.69) is 51.3 Å². The number of aliphatic hydroxyl groups is 1. The van der Waals surface area contributed by atoms with Gasteiger partial charge in [0.1, 0.15) is 0 Å². The van der Waals surface area contributed by atoms with E-state index in [9.17, 15) is 5.11 Å². The van der Waals surface area contributed by atoms with Crippen LogP contribution < -0.4 is 5.73 Å². The Balaban J connectivity index is 4.47. The van der Waals surface area contributed by atoms with Crippen molar-refractivity contribution in [2.75, 3.05) is 39.3 Å². The number of likely N-dealkylation sites (N-methyl/N-ethyl adjacent to an activating group) is 1. The van der Waals surface area contributed by atoms with E-state index < -0.39 is 0 Å². The molecule has 0 rings (SSSR count). The molecule has 0 bridgehead atoms. The molecule has 0 saturated carbocycles. The van der Waals surface area contributed by atoms with Gasteiger partial charge in [0.15, 0.2) is 0 Å². The minimum absolute atomic E-state index is 0.0131. The molecule has 0 aliphatic rings. The summed E-state index contributed by atoms with van der Waals surface area (Å²) in [6.07, 6.45) is 1.13. The van der Waals surface area contributed by atoms with Crippen molar-refractivity contribution in [3.05, 3.63) is 0 Å². The highest BCUT2D eigenvalue weighted by Gasteiger charge is 2.31. The maximum Gasteiger partial charge on any atom is 0.0602 e. The van der Waals surface area contributed by atoms with E-state index in [1.807, 2.05) is 0 Å². The number of aliphatic hydroxyl groups excluding tert-OH is 1. The predicted molar refractivity (Wildman–Crippen MR) is 88.0 cm³/mol. The highest BCUT2D eigenvalue weighted by atomic mass is 16.3. The number of hydrogen-bond acceptors (Lipinski definition) is 4. The number of rotatable bonds is 10. The normalized spacial score (nSPS) is 15.9. The van der Waals surface area contributed by atoms with Crippen molar-refractivity contribution >= 4 is 0 Å². The molecule has 0 spiro atoms. The molecule has 0 aliphatic heterocycles. The van der Waals surface area contributed by atoms with Gasteiger partial charge in [-0.15, -0.1) is 0 Å². The summed E-state index contributed by atoms with van der Waals surface area (Å²) in [4.78, 5) is 4.77. The number of nitrogens with zero attached hydrogens (tertiary/aromatic N) is 2. The monoisotopic (exact) mass is 287 g/mol. The van der Waals surface area contributed by atoms with E-state index in [-0.39, 0.29) is 24.1 Å². The first-order valence-corrected chi connectivity index (χ1v) is 8.14. The van der Waals surface area contributed by atoms with Crippen LogP contribution in [-0.4, -0.2) is 66.3 Å². The fourth-order valence-electron chi connectivity index (χ4n) is 2.63. The highest BCUT2D eigenvalue weighted by molar-refractivity contribution is 4.89. The molecule has 0 aliphatic carbocycles. The van der Waals surface area contributed by atoms with Crippen LogP contribution in [-0.2, 0) is 0 Å². The molecule has 0 fully saturated rings. The number of nitrogens with two attached hydrogens (primary N) is 1. The van der Waals surface area contributed by atoms with Gasteiger partial charge in [0.2, 0.25) is 0 Å². The third kappa shape index (κ3) is 6.53. The summed E-state index contributed by atoms with van der Waals surface area (Å²) in [6, 6.07) is 0.0395. The van der Waals surface area contributed by atoms with E-state index in [4.69, 9.17) is 5.73 Å². The van der Waals surface area contributed by atoms with E-state index in [0.29, 0.717) is 0 Å². The number of hydrogen-bond donors (Lipinski definition) is 2. The summed E-state index contributed by atoms with van der Waals surface area (Å²) in [7, 11) is 0. The van der Waals surface area contributed by atoms with Gasteiger partial charge in [0.05, 0.1) is 6.61 Å². The Hall–Kier alpha value is -0.160. The zero-order chi connectivity index (χ0) is 15.8. The first-order valence-electron chi connectivity index (χ1n) is 8.14. The van der Waals surface area contributed by atoms with Crippen molar-refractivity contribution in [3.8, 4) is 0 Å². The molecule has 0 saturated heterocycles. The lowest BCUT2D eigenvalue weighted by molar-refractivity contribution is 0.0712. The van der Waals surface area contributed by atoms with Crippen LogP contribution in [0.4, 0.5) is 0 Å². The maximum atomic E-state index is 9.73. The Morgan fingerprint density at radius 3 is 1.90 bits per heavy atom. The van der Waals surface area contributed by atoms with Crippen molar-refractivity contribution in [2.45, 2.75) is 60.0 Å². The molecule has 122 valence electrons. The lowest BCUT2D eigenvalue weighted by Gasteiger charge is -2.40. The molecular weight excluding hydrogens is 250 g/mol. The molecule has 0 amide bonds. The van der Waals surface area contributed by atoms with Crippen molar-refractivity contribution in [1.82, 2.24) is 9.80 Å². The molecule has 20 heavy (non-hydrogen) atoms. The lowest BCUT2D eigenvalue weighted by atomic mass is 9.82. The Morgan fingerprint density at radius 2 is 1.55 bits per heavy atom. The van der Waals surface area contributed by atoms with E-state index in [1.54, 1.807) is 0 Å². The highest BCUT2D eigenvalue weighted by Crippen LogP contribution is 2.22. The molecule has 2 unspecified atom stereocenters. The fourth-order valence-corrected chi connectivity index (χ4v) is 2.63. The summed E-state index contributed by atoms with van der Waals surface area (Å²) in [5.74, 6) is 0. The zero-order valence-electron chi connectivity index (χ0n) is 14.5. The molecule has 4 heteroatoms. The molecule has 2 atom stereocenters. The van der Waals surface area contributed by atoms with Crippen molar-refractivity contribution in [3.63, 3.8) is 0 Å². The van der Waals surface area contributed by atoms with E-state index in [0.717, 1.165) is 39.1 Å². The quantitative estimate of drug-likeness (QED) is 0.643. The van der Waals surface area contributed by atoms with Gasteiger partial charge in [-0.05, 0) is 44.6 Å². The Bertz CT molecular complexity index is 236. The molecule has 0 aromatic heterocycles. The van der Waals surface area contributed by atoms with Gasteiger partial charge < -0.3 is 15.7 Å². The van der Waals surface area contributed by atoms with Gasteiger partial charge in [-0.2, -0.15) is 0 Å². The largest absolute Gasteiger partial charge is 0.395 e. The van der Waals surface area contributed by atoms with E-state index >= 15 is 0 Å². The molecule has 0 aromatic carbocycles. The Kier molecular flexibility index (Phi) is 9.64. The summed E-state index contributed by atoms with van der Waals surface area (Å²) in [5, 5.41) is 9.73. The zero-order valence-corrected chi connectivity index (χ0v) is 14.5. The third-order valence-corrected chi connectivity index (χ3v) is 4.29. The lowest BCUT2D eigenvalue weighted by Crippen LogP contribution is -2.55. The first-order chi connectivity index (χ1) is 9.31. The summed E-state index contributed by atoms with van der Waals surface area (Å²) in [5.41, 5.74) is 6.37. The van der Waals surface area contributed by atoms with E-state index in [1.165, 1.54) is 0 Å². The van der Waals surface area contributed by atoms with Crippen molar-refractivity contribution < 1.29 is 5.11 Å². The van der Waals surface area contributed by atoms with Gasteiger partial charge in [0.25, 0.3) is 0 Å². The van der Waals surface area contributed by atoms with Crippen LogP contribution in [0, 0.1) is 5.41 Å². The second-order valence-electron chi connectivity index (χ2n) is 6.65. The second-order valence-corrected chi connectivity index (χ2v) is 6.65. The molecular formula is C16H37N3O. The van der Waals surface area contributed by atoms with Crippen LogP contribution in [0.5, 0.6) is 0 Å². The van der Waals surface area contributed by atoms with Gasteiger partial charge in [-0.25, -0.2) is 0 Å². The molecule has 0 heterocycles. The SMILES string of the molecule is CCN(CC)CCCN(CC)C(CO)C(N)C(C)(C)C. The van der Waals surface area contributed by atoms with Gasteiger partial charge >= 0.3 is 0 Å². The average Bonchev–Trinajstić information content (AvgIpc) is 2.41. The predicted octanol–water partition coefficient (Wildman–Crippen LogP) is 1.77. The van der Waals surface area contributed by atoms with Crippen LogP contribution in [0.3, 0.4) is 0 Å². The topological polar surface area (TPSA) is 52.7 Å². The first kappa shape index (κ1) is 19.8. The Labute approximate surface area is 126 Å². The third-order valence-electron chi connectivity index (χ3n) is 4.29. The molecule has 3 N–H and O–H groups in total. The van der Waals surface area contributed by atoms with Crippen molar-refractivity contribution in [2.24, 2.45) is 11.1 Å². The molecule has 4 nitrogen and oxygen atoms in total. The van der Waals surface area contributed by atoms with Crippen LogP contribution in [0.2, 0.25) is 0 Å². The maximum absolute atomic E-state index is 9.73. The van der Waals surface area contributed by atoms with Gasteiger partial charge in [-0.1, -0.05) is 41.5 Å². The van der Waals surface area contributed by atoms with Crippen LogP contribution in [0.15, 0.2) is 0 Å². The van der Waals surface area contributed by atoms with Crippen LogP contribution in [0.25, 0.3) is 0 Å². The minimum Gasteiger partial charge on any atom is -0.395 e. The summed E-state index contributed by atoms with van der Waals surface area (Å²) >= 11 is 0. The smallest absolute Gasteiger partial charge is 0.0602 e. The van der Waals surface area contributed by atoms with Crippen LogP contribution in [0.1, 0.15) is 48.0 Å². The van der Waals surface area contributed by atoms with Gasteiger partial charge in [0, 0.05) is 12.1 Å². The minimum atomic E-state index is -0.0131. The van der Waals surface area contributed by atoms with Crippen molar-refractivity contribution in [1.29, 1.82) is 0 Å². The Morgan fingerprint density at radius 1 is 1.00 bits per heavy atom.